The second kappa shape index (κ2) is 7.20. The normalized spacial score (nSPS) is 9.90. The summed E-state index contributed by atoms with van der Waals surface area (Å²) in [5.41, 5.74) is 7.20. The van der Waals surface area contributed by atoms with E-state index in [4.69, 9.17) is 20.5 Å². The minimum atomic E-state index is 0.261. The Morgan fingerprint density at radius 3 is 2.62 bits per heavy atom. The molecule has 0 aliphatic rings. The van der Waals surface area contributed by atoms with Crippen LogP contribution in [-0.2, 0) is 6.42 Å². The van der Waals surface area contributed by atoms with Crippen LogP contribution in [-0.4, -0.2) is 6.61 Å². The van der Waals surface area contributed by atoms with Crippen LogP contribution in [0.1, 0.15) is 18.9 Å². The fourth-order valence-electron chi connectivity index (χ4n) is 1.88. The molecule has 0 radical (unpaired) electrons. The van der Waals surface area contributed by atoms with Crippen molar-refractivity contribution in [1.82, 2.24) is 0 Å². The van der Waals surface area contributed by atoms with Gasteiger partial charge in [-0.15, -0.1) is 0 Å². The summed E-state index contributed by atoms with van der Waals surface area (Å²) >= 11 is 0. The third-order valence-electron chi connectivity index (χ3n) is 2.92. The van der Waals surface area contributed by atoms with Gasteiger partial charge in [-0.1, -0.05) is 19.1 Å². The highest BCUT2D eigenvalue weighted by Crippen LogP contribution is 2.32. The summed E-state index contributed by atoms with van der Waals surface area (Å²) in [6.45, 7) is 2.69. The molecule has 0 aliphatic heterocycles. The quantitative estimate of drug-likeness (QED) is 0.815. The number of anilines is 1. The zero-order valence-electron chi connectivity index (χ0n) is 12.0. The second-order valence-corrected chi connectivity index (χ2v) is 4.59. The summed E-state index contributed by atoms with van der Waals surface area (Å²) in [6.07, 6.45) is 1.19. The van der Waals surface area contributed by atoms with E-state index in [2.05, 4.69) is 13.0 Å². The summed E-state index contributed by atoms with van der Waals surface area (Å²) in [4.78, 5) is 0. The third kappa shape index (κ3) is 3.90. The molecule has 0 saturated carbocycles. The molecule has 2 rings (SSSR count). The Kier molecular flexibility index (Phi) is 5.05. The maximum atomic E-state index is 8.80. The van der Waals surface area contributed by atoms with E-state index in [-0.39, 0.29) is 6.42 Å². The van der Waals surface area contributed by atoms with Gasteiger partial charge in [0.05, 0.1) is 19.1 Å². The molecule has 0 heterocycles. The zero-order valence-corrected chi connectivity index (χ0v) is 12.0. The lowest BCUT2D eigenvalue weighted by atomic mass is 10.1. The van der Waals surface area contributed by atoms with Crippen LogP contribution in [0.2, 0.25) is 0 Å². The molecule has 2 aromatic rings. The zero-order chi connectivity index (χ0) is 15.1. The van der Waals surface area contributed by atoms with E-state index in [1.807, 2.05) is 24.3 Å². The number of hydrogen-bond acceptors (Lipinski definition) is 4. The van der Waals surface area contributed by atoms with Gasteiger partial charge in [-0.3, -0.25) is 0 Å². The predicted molar refractivity (Wildman–Crippen MR) is 82.5 cm³/mol. The van der Waals surface area contributed by atoms with Crippen molar-refractivity contribution in [2.24, 2.45) is 0 Å². The Morgan fingerprint density at radius 2 is 1.90 bits per heavy atom. The van der Waals surface area contributed by atoms with Gasteiger partial charge in [-0.25, -0.2) is 0 Å². The highest BCUT2D eigenvalue weighted by molar-refractivity contribution is 5.53. The first-order chi connectivity index (χ1) is 10.2. The molecule has 0 spiro atoms. The van der Waals surface area contributed by atoms with Crippen molar-refractivity contribution < 1.29 is 9.47 Å². The Balaban J connectivity index is 2.22. The molecule has 2 N–H and O–H groups in total. The van der Waals surface area contributed by atoms with Gasteiger partial charge in [-0.05, 0) is 42.3 Å². The maximum Gasteiger partial charge on any atom is 0.169 e. The first kappa shape index (κ1) is 14.7. The number of nitrogens with two attached hydrogens (primary N) is 1. The molecule has 0 atom stereocenters. The van der Waals surface area contributed by atoms with E-state index in [0.29, 0.717) is 29.5 Å². The number of rotatable bonds is 6. The highest BCUT2D eigenvalue weighted by Gasteiger charge is 2.07. The van der Waals surface area contributed by atoms with Crippen LogP contribution in [0.5, 0.6) is 17.2 Å². The van der Waals surface area contributed by atoms with E-state index in [0.717, 1.165) is 12.0 Å². The van der Waals surface area contributed by atoms with Crippen LogP contribution in [0.15, 0.2) is 42.5 Å². The van der Waals surface area contributed by atoms with Crippen LogP contribution in [0, 0.1) is 11.3 Å². The van der Waals surface area contributed by atoms with Crippen LogP contribution in [0.3, 0.4) is 0 Å². The van der Waals surface area contributed by atoms with Crippen molar-refractivity contribution in [2.45, 2.75) is 19.8 Å². The Hall–Kier alpha value is -2.67. The van der Waals surface area contributed by atoms with Crippen molar-refractivity contribution in [3.63, 3.8) is 0 Å². The number of nitrogen functional groups attached to an aromatic ring is 1. The van der Waals surface area contributed by atoms with Crippen LogP contribution >= 0.6 is 0 Å². The summed E-state index contributed by atoms with van der Waals surface area (Å²) in [7, 11) is 0. The van der Waals surface area contributed by atoms with Crippen molar-refractivity contribution in [2.75, 3.05) is 12.3 Å². The number of benzene rings is 2. The fraction of sp³-hybridized carbons (Fsp3) is 0.235. The topological polar surface area (TPSA) is 68.3 Å². The van der Waals surface area contributed by atoms with E-state index in [9.17, 15) is 0 Å². The van der Waals surface area contributed by atoms with Gasteiger partial charge >= 0.3 is 0 Å². The summed E-state index contributed by atoms with van der Waals surface area (Å²) in [5, 5.41) is 8.80. The van der Waals surface area contributed by atoms with Gasteiger partial charge in [0, 0.05) is 5.69 Å². The van der Waals surface area contributed by atoms with Gasteiger partial charge in [0.2, 0.25) is 0 Å². The Morgan fingerprint density at radius 1 is 1.14 bits per heavy atom. The number of nitriles is 1. The average molecular weight is 282 g/mol. The fourth-order valence-corrected chi connectivity index (χ4v) is 1.88. The standard InChI is InChI=1S/C17H18N2O2/c1-2-11-20-16-5-3-4-6-17(16)21-14-7-8-15(19)13(12-14)9-10-18/h3-8,12H,2,9,11,19H2,1H3. The summed E-state index contributed by atoms with van der Waals surface area (Å²) in [6, 6.07) is 14.9. The van der Waals surface area contributed by atoms with Crippen molar-refractivity contribution in [3.8, 4) is 23.3 Å². The second-order valence-electron chi connectivity index (χ2n) is 4.59. The lowest BCUT2D eigenvalue weighted by molar-refractivity contribution is 0.302. The summed E-state index contributed by atoms with van der Waals surface area (Å²) in [5.74, 6) is 2.00. The van der Waals surface area contributed by atoms with Gasteiger partial charge < -0.3 is 15.2 Å². The Labute approximate surface area is 124 Å². The molecule has 0 aromatic heterocycles. The first-order valence-electron chi connectivity index (χ1n) is 6.89. The molecule has 0 amide bonds. The Bertz CT molecular complexity index is 647. The summed E-state index contributed by atoms with van der Waals surface area (Å²) < 4.78 is 11.5. The third-order valence-corrected chi connectivity index (χ3v) is 2.92. The monoisotopic (exact) mass is 282 g/mol. The number of ether oxygens (including phenoxy) is 2. The van der Waals surface area contributed by atoms with E-state index >= 15 is 0 Å². The first-order valence-corrected chi connectivity index (χ1v) is 6.89. The molecule has 4 nitrogen and oxygen atoms in total. The predicted octanol–water partition coefficient (Wildman–Crippen LogP) is 3.92. The van der Waals surface area contributed by atoms with Crippen molar-refractivity contribution >= 4 is 5.69 Å². The molecule has 0 bridgehead atoms. The van der Waals surface area contributed by atoms with Crippen molar-refractivity contribution in [1.29, 1.82) is 5.26 Å². The highest BCUT2D eigenvalue weighted by atomic mass is 16.5. The molecule has 108 valence electrons. The van der Waals surface area contributed by atoms with Gasteiger partial charge in [0.1, 0.15) is 5.75 Å². The SMILES string of the molecule is CCCOc1ccccc1Oc1ccc(N)c(CC#N)c1. The average Bonchev–Trinajstić information content (AvgIpc) is 2.50. The smallest absolute Gasteiger partial charge is 0.169 e. The lowest BCUT2D eigenvalue weighted by Gasteiger charge is -2.13. The number of nitrogens with zero attached hydrogens (tertiary/aromatic N) is 1. The van der Waals surface area contributed by atoms with Crippen LogP contribution in [0.4, 0.5) is 5.69 Å². The van der Waals surface area contributed by atoms with Crippen molar-refractivity contribution in [3.05, 3.63) is 48.0 Å². The van der Waals surface area contributed by atoms with E-state index in [1.54, 1.807) is 18.2 Å². The maximum absolute atomic E-state index is 8.80. The van der Waals surface area contributed by atoms with Gasteiger partial charge in [0.25, 0.3) is 0 Å². The van der Waals surface area contributed by atoms with Gasteiger partial charge in [0.15, 0.2) is 11.5 Å². The minimum Gasteiger partial charge on any atom is -0.490 e. The molecule has 0 aliphatic carbocycles. The number of hydrogen-bond donors (Lipinski definition) is 1. The molecule has 0 fully saturated rings. The molecule has 21 heavy (non-hydrogen) atoms. The molecule has 0 unspecified atom stereocenters. The molecule has 2 aromatic carbocycles. The number of para-hydroxylation sites is 2. The molecule has 0 saturated heterocycles. The van der Waals surface area contributed by atoms with E-state index < -0.39 is 0 Å². The molecule has 4 heteroatoms. The van der Waals surface area contributed by atoms with E-state index in [1.165, 1.54) is 0 Å². The van der Waals surface area contributed by atoms with Crippen LogP contribution in [0.25, 0.3) is 0 Å². The lowest BCUT2D eigenvalue weighted by Crippen LogP contribution is -1.98. The van der Waals surface area contributed by atoms with Gasteiger partial charge in [-0.2, -0.15) is 5.26 Å². The molecular weight excluding hydrogens is 264 g/mol. The largest absolute Gasteiger partial charge is 0.490 e. The van der Waals surface area contributed by atoms with Crippen LogP contribution < -0.4 is 15.2 Å². The minimum absolute atomic E-state index is 0.261. The molecular formula is C17H18N2O2.